The van der Waals surface area contributed by atoms with E-state index >= 15 is 0 Å². The molecule has 1 aliphatic rings. The van der Waals surface area contributed by atoms with Crippen molar-refractivity contribution in [2.45, 2.75) is 51.2 Å². The average molecular weight is 585 g/mol. The van der Waals surface area contributed by atoms with Crippen LogP contribution in [0.25, 0.3) is 0 Å². The predicted molar refractivity (Wildman–Crippen MR) is 154 cm³/mol. The van der Waals surface area contributed by atoms with Gasteiger partial charge in [0.25, 0.3) is 5.91 Å². The Morgan fingerprint density at radius 3 is 2.50 bits per heavy atom. The molecule has 224 valence electrons. The smallest absolute Gasteiger partial charge is 0.406 e. The monoisotopic (exact) mass is 584 g/mol. The van der Waals surface area contributed by atoms with Gasteiger partial charge >= 0.3 is 6.36 Å². The van der Waals surface area contributed by atoms with Crippen molar-refractivity contribution >= 4 is 23.2 Å². The average Bonchev–Trinajstić information content (AvgIpc) is 3.38. The van der Waals surface area contributed by atoms with Gasteiger partial charge in [-0.15, -0.1) is 13.2 Å². The maximum Gasteiger partial charge on any atom is 0.573 e. The molecule has 1 aliphatic heterocycles. The summed E-state index contributed by atoms with van der Waals surface area (Å²) in [5.41, 5.74) is 3.14. The molecule has 1 fully saturated rings. The number of halogens is 3. The molecule has 0 aromatic heterocycles. The molecule has 42 heavy (non-hydrogen) atoms. The summed E-state index contributed by atoms with van der Waals surface area (Å²) in [7, 11) is 0. The standard InChI is InChI=1S/C31H35F3N4O4/c1-2-36-24-16-23(17-25(18-24)38-13-7-12-29(38)40)30(41)37-27(15-21-8-4-3-5-9-21)28(39)20-35-19-22-10-6-11-26(14-22)42-31(32,33)34/h3-6,8-11,14,16-18,27-28,35-36,39H,2,7,12-13,15,19-20H2,1H3,(H,37,41)/t27-,28-/m0/s1. The molecule has 0 radical (unpaired) electrons. The van der Waals surface area contributed by atoms with Crippen molar-refractivity contribution < 1.29 is 32.6 Å². The molecule has 1 saturated heterocycles. The lowest BCUT2D eigenvalue weighted by Gasteiger charge is -2.25. The number of aliphatic hydroxyl groups excluding tert-OH is 1. The number of amides is 2. The summed E-state index contributed by atoms with van der Waals surface area (Å²) in [6.45, 7) is 3.39. The molecule has 3 aromatic carbocycles. The summed E-state index contributed by atoms with van der Waals surface area (Å²) < 4.78 is 41.7. The Bertz CT molecular complexity index is 1350. The van der Waals surface area contributed by atoms with Crippen LogP contribution in [0, 0.1) is 0 Å². The first-order chi connectivity index (χ1) is 20.1. The van der Waals surface area contributed by atoms with Gasteiger partial charge in [0.1, 0.15) is 5.75 Å². The highest BCUT2D eigenvalue weighted by molar-refractivity contribution is 6.00. The molecule has 4 N–H and O–H groups in total. The highest BCUT2D eigenvalue weighted by atomic mass is 19.4. The summed E-state index contributed by atoms with van der Waals surface area (Å²) in [6.07, 6.45) is -4.26. The Kier molecular flexibility index (Phi) is 10.4. The Balaban J connectivity index is 1.47. The van der Waals surface area contributed by atoms with Gasteiger partial charge < -0.3 is 30.7 Å². The van der Waals surface area contributed by atoms with E-state index < -0.39 is 24.4 Å². The van der Waals surface area contributed by atoms with Gasteiger partial charge in [0.15, 0.2) is 0 Å². The number of aliphatic hydroxyl groups is 1. The Labute approximate surface area is 242 Å². The molecule has 0 spiro atoms. The SMILES string of the molecule is CCNc1cc(C(=O)N[C@@H](Cc2ccccc2)[C@@H](O)CNCc2cccc(OC(F)(F)F)c2)cc(N2CCCC2=O)c1. The van der Waals surface area contributed by atoms with Crippen molar-refractivity contribution in [1.29, 1.82) is 0 Å². The second-order valence-corrected chi connectivity index (χ2v) is 10.1. The quantitative estimate of drug-likeness (QED) is 0.234. The lowest BCUT2D eigenvalue weighted by Crippen LogP contribution is -2.48. The number of nitrogens with zero attached hydrogens (tertiary/aromatic N) is 1. The largest absolute Gasteiger partial charge is 0.573 e. The van der Waals surface area contributed by atoms with Gasteiger partial charge in [0.05, 0.1) is 12.1 Å². The van der Waals surface area contributed by atoms with Crippen molar-refractivity contribution in [3.8, 4) is 5.75 Å². The third-order valence-electron chi connectivity index (χ3n) is 6.84. The van der Waals surface area contributed by atoms with E-state index in [1.807, 2.05) is 43.3 Å². The zero-order valence-electron chi connectivity index (χ0n) is 23.3. The molecule has 3 aromatic rings. The van der Waals surface area contributed by atoms with Crippen LogP contribution >= 0.6 is 0 Å². The summed E-state index contributed by atoms with van der Waals surface area (Å²) in [6, 6.07) is 19.5. The van der Waals surface area contributed by atoms with Crippen LogP contribution < -0.4 is 25.6 Å². The fourth-order valence-corrected chi connectivity index (χ4v) is 4.89. The van der Waals surface area contributed by atoms with Crippen molar-refractivity contribution in [3.63, 3.8) is 0 Å². The number of benzene rings is 3. The van der Waals surface area contributed by atoms with Gasteiger partial charge in [0, 0.05) is 49.5 Å². The molecule has 0 aliphatic carbocycles. The Morgan fingerprint density at radius 1 is 1.05 bits per heavy atom. The van der Waals surface area contributed by atoms with Crippen LogP contribution in [0.15, 0.2) is 72.8 Å². The zero-order chi connectivity index (χ0) is 30.1. The minimum atomic E-state index is -4.79. The maximum atomic E-state index is 13.5. The van der Waals surface area contributed by atoms with Crippen LogP contribution in [0.3, 0.4) is 0 Å². The van der Waals surface area contributed by atoms with Gasteiger partial charge in [-0.05, 0) is 61.2 Å². The molecule has 11 heteroatoms. The molecule has 0 saturated carbocycles. The molecular formula is C31H35F3N4O4. The second-order valence-electron chi connectivity index (χ2n) is 10.1. The van der Waals surface area contributed by atoms with Gasteiger partial charge in [-0.1, -0.05) is 42.5 Å². The van der Waals surface area contributed by atoms with E-state index in [4.69, 9.17) is 0 Å². The van der Waals surface area contributed by atoms with Crippen molar-refractivity contribution in [2.75, 3.05) is 29.9 Å². The molecule has 0 bridgehead atoms. The molecule has 2 amide bonds. The number of ether oxygens (including phenoxy) is 1. The molecule has 1 heterocycles. The summed E-state index contributed by atoms with van der Waals surface area (Å²) in [4.78, 5) is 27.6. The van der Waals surface area contributed by atoms with E-state index in [2.05, 4.69) is 20.7 Å². The lowest BCUT2D eigenvalue weighted by atomic mass is 10.00. The number of carbonyl (C=O) groups excluding carboxylic acids is 2. The minimum Gasteiger partial charge on any atom is -0.406 e. The van der Waals surface area contributed by atoms with E-state index in [0.717, 1.165) is 12.0 Å². The van der Waals surface area contributed by atoms with Crippen molar-refractivity contribution in [2.24, 2.45) is 0 Å². The number of hydrogen-bond donors (Lipinski definition) is 4. The first-order valence-corrected chi connectivity index (χ1v) is 13.9. The van der Waals surface area contributed by atoms with Gasteiger partial charge in [-0.2, -0.15) is 0 Å². The fraction of sp³-hybridized carbons (Fsp3) is 0.355. The van der Waals surface area contributed by atoms with E-state index in [1.165, 1.54) is 18.2 Å². The number of alkyl halides is 3. The van der Waals surface area contributed by atoms with E-state index in [9.17, 15) is 27.9 Å². The third-order valence-corrected chi connectivity index (χ3v) is 6.84. The van der Waals surface area contributed by atoms with Gasteiger partial charge in [-0.25, -0.2) is 0 Å². The second kappa shape index (κ2) is 14.2. The van der Waals surface area contributed by atoms with Gasteiger partial charge in [0.2, 0.25) is 5.91 Å². The van der Waals surface area contributed by atoms with Crippen LogP contribution in [-0.4, -0.2) is 55.1 Å². The van der Waals surface area contributed by atoms with Crippen LogP contribution in [-0.2, 0) is 17.8 Å². The van der Waals surface area contributed by atoms with E-state index in [-0.39, 0.29) is 24.7 Å². The number of rotatable bonds is 13. The van der Waals surface area contributed by atoms with Crippen LogP contribution in [0.5, 0.6) is 5.75 Å². The summed E-state index contributed by atoms with van der Waals surface area (Å²) >= 11 is 0. The van der Waals surface area contributed by atoms with E-state index in [1.54, 1.807) is 23.1 Å². The lowest BCUT2D eigenvalue weighted by molar-refractivity contribution is -0.274. The summed E-state index contributed by atoms with van der Waals surface area (Å²) in [5, 5.41) is 20.4. The molecule has 8 nitrogen and oxygen atoms in total. The number of anilines is 2. The highest BCUT2D eigenvalue weighted by Crippen LogP contribution is 2.27. The normalized spacial score (nSPS) is 14.9. The van der Waals surface area contributed by atoms with Crippen LogP contribution in [0.2, 0.25) is 0 Å². The third kappa shape index (κ3) is 8.95. The number of hydrogen-bond acceptors (Lipinski definition) is 6. The van der Waals surface area contributed by atoms with Crippen molar-refractivity contribution in [3.05, 3.63) is 89.5 Å². The first kappa shape index (κ1) is 30.9. The molecular weight excluding hydrogens is 549 g/mol. The molecule has 4 rings (SSSR count). The Morgan fingerprint density at radius 2 is 1.81 bits per heavy atom. The fourth-order valence-electron chi connectivity index (χ4n) is 4.89. The summed E-state index contributed by atoms with van der Waals surface area (Å²) in [5.74, 6) is -0.722. The maximum absolute atomic E-state index is 13.5. The van der Waals surface area contributed by atoms with Crippen molar-refractivity contribution in [1.82, 2.24) is 10.6 Å². The highest BCUT2D eigenvalue weighted by Gasteiger charge is 2.31. The van der Waals surface area contributed by atoms with Crippen LogP contribution in [0.1, 0.15) is 41.3 Å². The van der Waals surface area contributed by atoms with E-state index in [0.29, 0.717) is 48.4 Å². The number of carbonyl (C=O) groups is 2. The predicted octanol–water partition coefficient (Wildman–Crippen LogP) is 4.64. The first-order valence-electron chi connectivity index (χ1n) is 13.9. The minimum absolute atomic E-state index is 0.00830. The Hall–Kier alpha value is -4.09. The van der Waals surface area contributed by atoms with Gasteiger partial charge in [-0.3, -0.25) is 9.59 Å². The van der Waals surface area contributed by atoms with Crippen LogP contribution in [0.4, 0.5) is 24.5 Å². The zero-order valence-corrected chi connectivity index (χ0v) is 23.3. The molecule has 0 unspecified atom stereocenters. The molecule has 2 atom stereocenters. The number of nitrogens with one attached hydrogen (secondary N) is 3. The topological polar surface area (TPSA) is 103 Å².